The molecule has 0 aliphatic rings. The van der Waals surface area contributed by atoms with Crippen molar-refractivity contribution in [2.45, 2.75) is 0 Å². The van der Waals surface area contributed by atoms with Crippen molar-refractivity contribution in [2.24, 2.45) is 7.05 Å². The summed E-state index contributed by atoms with van der Waals surface area (Å²) in [6, 6.07) is 14.9. The van der Waals surface area contributed by atoms with Gasteiger partial charge in [0.15, 0.2) is 5.43 Å². The standard InChI is InChI=1S/C25H14BrNO4S2/c1-27-17-9-16-20(32-18-6-4-12(26)8-15(18)22(16)28)10-14(17)21-13-5-3-11(25(30)31-2)7-19(13)33-23(21)24(27)29/h3-10H,1-2H3. The van der Waals surface area contributed by atoms with Crippen LogP contribution in [0, 0.1) is 0 Å². The number of benzene rings is 3. The summed E-state index contributed by atoms with van der Waals surface area (Å²) >= 11 is 6.37. The van der Waals surface area contributed by atoms with E-state index in [1.54, 1.807) is 35.1 Å². The maximum atomic E-state index is 13.3. The number of pyridine rings is 1. The third kappa shape index (κ3) is 2.91. The van der Waals surface area contributed by atoms with Crippen molar-refractivity contribution >= 4 is 95.8 Å². The minimum atomic E-state index is -0.415. The lowest BCUT2D eigenvalue weighted by atomic mass is 10.0. The van der Waals surface area contributed by atoms with E-state index < -0.39 is 5.97 Å². The average Bonchev–Trinajstić information content (AvgIpc) is 3.21. The first-order chi connectivity index (χ1) is 15.9. The molecule has 162 valence electrons. The van der Waals surface area contributed by atoms with Crippen LogP contribution in [-0.2, 0) is 11.8 Å². The van der Waals surface area contributed by atoms with Crippen molar-refractivity contribution in [3.63, 3.8) is 0 Å². The molecule has 0 N–H and O–H groups in total. The normalized spacial score (nSPS) is 11.8. The van der Waals surface area contributed by atoms with Crippen LogP contribution in [0.25, 0.3) is 51.2 Å². The number of thiophene rings is 1. The van der Waals surface area contributed by atoms with Crippen LogP contribution in [0.2, 0.25) is 0 Å². The van der Waals surface area contributed by atoms with Gasteiger partial charge in [0.05, 0.1) is 18.2 Å². The van der Waals surface area contributed by atoms with Gasteiger partial charge in [0, 0.05) is 52.6 Å². The summed E-state index contributed by atoms with van der Waals surface area (Å²) in [5.41, 5.74) is 0.971. The fourth-order valence-corrected chi connectivity index (χ4v) is 7.03. The average molecular weight is 536 g/mol. The number of hydrogen-bond acceptors (Lipinski definition) is 6. The summed E-state index contributed by atoms with van der Waals surface area (Å²) in [6.45, 7) is 0. The van der Waals surface area contributed by atoms with Crippen LogP contribution in [0.3, 0.4) is 0 Å². The molecule has 6 rings (SSSR count). The first kappa shape index (κ1) is 20.5. The van der Waals surface area contributed by atoms with E-state index in [1.807, 2.05) is 36.4 Å². The highest BCUT2D eigenvalue weighted by atomic mass is 79.9. The Morgan fingerprint density at radius 1 is 0.879 bits per heavy atom. The van der Waals surface area contributed by atoms with Gasteiger partial charge in [-0.25, -0.2) is 4.79 Å². The molecule has 0 saturated heterocycles. The number of aromatic nitrogens is 1. The van der Waals surface area contributed by atoms with Crippen molar-refractivity contribution in [1.29, 1.82) is 0 Å². The van der Waals surface area contributed by atoms with Gasteiger partial charge >= 0.3 is 5.97 Å². The number of aryl methyl sites for hydroxylation is 1. The van der Waals surface area contributed by atoms with E-state index >= 15 is 0 Å². The highest BCUT2D eigenvalue weighted by molar-refractivity contribution is 9.10. The van der Waals surface area contributed by atoms with Gasteiger partial charge in [-0.15, -0.1) is 22.7 Å². The van der Waals surface area contributed by atoms with Crippen molar-refractivity contribution < 1.29 is 9.53 Å². The van der Waals surface area contributed by atoms with E-state index in [0.29, 0.717) is 26.6 Å². The van der Waals surface area contributed by atoms with Crippen molar-refractivity contribution in [2.75, 3.05) is 7.11 Å². The molecule has 6 aromatic rings. The Bertz CT molecular complexity index is 1950. The van der Waals surface area contributed by atoms with Gasteiger partial charge in [0.25, 0.3) is 5.56 Å². The number of fused-ring (bicyclic) bond motifs is 7. The molecule has 0 spiro atoms. The number of halogens is 1. The number of rotatable bonds is 1. The third-order valence-corrected chi connectivity index (χ3v) is 8.76. The molecule has 0 atom stereocenters. The van der Waals surface area contributed by atoms with Gasteiger partial charge < -0.3 is 9.30 Å². The largest absolute Gasteiger partial charge is 0.465 e. The quantitative estimate of drug-likeness (QED) is 0.186. The molecule has 5 nitrogen and oxygen atoms in total. The van der Waals surface area contributed by atoms with Gasteiger partial charge in [-0.3, -0.25) is 9.59 Å². The van der Waals surface area contributed by atoms with Crippen LogP contribution in [0.15, 0.2) is 62.6 Å². The third-order valence-electron chi connectivity index (χ3n) is 5.99. The zero-order valence-electron chi connectivity index (χ0n) is 17.4. The topological polar surface area (TPSA) is 65.4 Å². The lowest BCUT2D eigenvalue weighted by Crippen LogP contribution is -2.16. The second-order valence-corrected chi connectivity index (χ2v) is 10.9. The molecule has 0 unspecified atom stereocenters. The summed E-state index contributed by atoms with van der Waals surface area (Å²) in [5.74, 6) is -0.415. The molecule has 0 radical (unpaired) electrons. The predicted octanol–water partition coefficient (Wildman–Crippen LogP) is 6.18. The Morgan fingerprint density at radius 2 is 1.64 bits per heavy atom. The van der Waals surface area contributed by atoms with E-state index in [1.165, 1.54) is 18.4 Å². The van der Waals surface area contributed by atoms with Gasteiger partial charge in [0.1, 0.15) is 4.70 Å². The van der Waals surface area contributed by atoms with Gasteiger partial charge in [-0.2, -0.15) is 0 Å². The molecule has 8 heteroatoms. The Kier molecular flexibility index (Phi) is 4.49. The molecule has 0 aliphatic carbocycles. The highest BCUT2D eigenvalue weighted by Crippen LogP contribution is 2.39. The van der Waals surface area contributed by atoms with E-state index in [2.05, 4.69) is 15.9 Å². The Labute approximate surface area is 202 Å². The van der Waals surface area contributed by atoms with Crippen molar-refractivity contribution in [3.05, 3.63) is 79.1 Å². The van der Waals surface area contributed by atoms with Gasteiger partial charge in [-0.05, 0) is 42.5 Å². The molecular formula is C25H14BrNO4S2. The Morgan fingerprint density at radius 3 is 2.42 bits per heavy atom. The summed E-state index contributed by atoms with van der Waals surface area (Å²) in [4.78, 5) is 38.6. The minimum absolute atomic E-state index is 0.0487. The van der Waals surface area contributed by atoms with E-state index in [9.17, 15) is 14.4 Å². The number of carbonyl (C=O) groups excluding carboxylic acids is 1. The molecule has 0 amide bonds. The number of methoxy groups -OCH3 is 1. The second-order valence-electron chi connectivity index (χ2n) is 7.81. The maximum Gasteiger partial charge on any atom is 0.337 e. The number of nitrogens with zero attached hydrogens (tertiary/aromatic N) is 1. The fourth-order valence-electron chi connectivity index (χ4n) is 4.36. The number of hydrogen-bond donors (Lipinski definition) is 0. The minimum Gasteiger partial charge on any atom is -0.465 e. The number of esters is 1. The van der Waals surface area contributed by atoms with Crippen molar-refractivity contribution in [3.8, 4) is 0 Å². The van der Waals surface area contributed by atoms with Crippen LogP contribution in [0.5, 0.6) is 0 Å². The van der Waals surface area contributed by atoms with E-state index in [4.69, 9.17) is 4.74 Å². The summed E-state index contributed by atoms with van der Waals surface area (Å²) in [5, 5.41) is 3.91. The maximum absolute atomic E-state index is 13.3. The van der Waals surface area contributed by atoms with Gasteiger partial charge in [0.2, 0.25) is 0 Å². The van der Waals surface area contributed by atoms with Crippen LogP contribution in [0.4, 0.5) is 0 Å². The Hall–Kier alpha value is -3.07. The molecule has 0 aliphatic heterocycles. The molecule has 0 fully saturated rings. The number of carbonyl (C=O) groups is 1. The summed E-state index contributed by atoms with van der Waals surface area (Å²) < 4.78 is 10.5. The fraction of sp³-hybridized carbons (Fsp3) is 0.0800. The van der Waals surface area contributed by atoms with Crippen LogP contribution in [0.1, 0.15) is 10.4 Å². The van der Waals surface area contributed by atoms with Gasteiger partial charge in [-0.1, -0.05) is 22.0 Å². The molecule has 0 saturated carbocycles. The monoisotopic (exact) mass is 535 g/mol. The van der Waals surface area contributed by atoms with Crippen LogP contribution < -0.4 is 11.0 Å². The Balaban J connectivity index is 1.80. The highest BCUT2D eigenvalue weighted by Gasteiger charge is 2.18. The molecule has 0 bridgehead atoms. The predicted molar refractivity (Wildman–Crippen MR) is 140 cm³/mol. The van der Waals surface area contributed by atoms with Crippen molar-refractivity contribution in [1.82, 2.24) is 4.57 Å². The zero-order valence-corrected chi connectivity index (χ0v) is 20.6. The molecule has 33 heavy (non-hydrogen) atoms. The van der Waals surface area contributed by atoms with E-state index in [0.717, 1.165) is 34.7 Å². The smallest absolute Gasteiger partial charge is 0.337 e. The number of ether oxygens (including phenoxy) is 1. The lowest BCUT2D eigenvalue weighted by Gasteiger charge is -2.09. The molecule has 3 heterocycles. The molecule has 3 aromatic carbocycles. The summed E-state index contributed by atoms with van der Waals surface area (Å²) in [6.07, 6.45) is 0. The molecular weight excluding hydrogens is 522 g/mol. The van der Waals surface area contributed by atoms with Crippen LogP contribution >= 0.6 is 38.6 Å². The first-order valence-corrected chi connectivity index (χ1v) is 12.4. The zero-order chi connectivity index (χ0) is 23.0. The summed E-state index contributed by atoms with van der Waals surface area (Å²) in [7, 11) is 3.07. The SMILES string of the molecule is COC(=O)c1ccc2c(c1)sc1c(=O)n(C)c3cc4c(=O)c5cc(Br)ccc5sc4cc3c12. The first-order valence-electron chi connectivity index (χ1n) is 10.0. The second kappa shape index (κ2) is 7.21. The van der Waals surface area contributed by atoms with Crippen LogP contribution in [-0.4, -0.2) is 17.6 Å². The lowest BCUT2D eigenvalue weighted by molar-refractivity contribution is 0.0601. The van der Waals surface area contributed by atoms with E-state index in [-0.39, 0.29) is 11.0 Å². The molecule has 3 aromatic heterocycles.